The Balaban J connectivity index is 1.95. The first kappa shape index (κ1) is 11.4. The van der Waals surface area contributed by atoms with E-state index in [1.165, 1.54) is 12.8 Å². The molecule has 0 aliphatic heterocycles. The van der Waals surface area contributed by atoms with Crippen LogP contribution >= 0.6 is 0 Å². The van der Waals surface area contributed by atoms with Gasteiger partial charge in [0.15, 0.2) is 0 Å². The Morgan fingerprint density at radius 1 is 1.07 bits per heavy atom. The van der Waals surface area contributed by atoms with Crippen molar-refractivity contribution in [3.05, 3.63) is 0 Å². The Hall–Kier alpha value is -0.0800. The van der Waals surface area contributed by atoms with Crippen molar-refractivity contribution >= 4 is 0 Å². The van der Waals surface area contributed by atoms with Crippen molar-refractivity contribution < 1.29 is 10.2 Å². The van der Waals surface area contributed by atoms with Gasteiger partial charge in [-0.1, -0.05) is 19.8 Å². The molecule has 0 saturated heterocycles. The molecular formula is C13H24O2. The van der Waals surface area contributed by atoms with Gasteiger partial charge in [0.1, 0.15) is 0 Å². The average molecular weight is 212 g/mol. The minimum Gasteiger partial charge on any atom is -0.390 e. The van der Waals surface area contributed by atoms with Crippen LogP contribution in [0.3, 0.4) is 0 Å². The van der Waals surface area contributed by atoms with Crippen molar-refractivity contribution in [2.75, 3.05) is 0 Å². The minimum atomic E-state index is -0.762. The van der Waals surface area contributed by atoms with E-state index in [-0.39, 0.29) is 0 Å². The predicted octanol–water partition coefficient (Wildman–Crippen LogP) is 2.48. The predicted molar refractivity (Wildman–Crippen MR) is 60.5 cm³/mol. The van der Waals surface area contributed by atoms with Crippen LogP contribution in [0.2, 0.25) is 0 Å². The SMILES string of the molecule is CC1CCC(O)(C(O)C2CCCC2)CC1. The maximum Gasteiger partial charge on any atom is 0.0908 e. The number of aliphatic hydroxyl groups excluding tert-OH is 1. The Kier molecular flexibility index (Phi) is 3.36. The van der Waals surface area contributed by atoms with Gasteiger partial charge >= 0.3 is 0 Å². The van der Waals surface area contributed by atoms with E-state index in [9.17, 15) is 10.2 Å². The van der Waals surface area contributed by atoms with E-state index < -0.39 is 11.7 Å². The molecule has 1 unspecified atom stereocenters. The summed E-state index contributed by atoms with van der Waals surface area (Å²) in [6.45, 7) is 2.24. The van der Waals surface area contributed by atoms with Crippen molar-refractivity contribution in [3.8, 4) is 0 Å². The Bertz CT molecular complexity index is 201. The summed E-state index contributed by atoms with van der Waals surface area (Å²) in [5, 5.41) is 20.7. The fourth-order valence-corrected chi connectivity index (χ4v) is 3.27. The first-order chi connectivity index (χ1) is 7.12. The second-order valence-electron chi connectivity index (χ2n) is 5.78. The van der Waals surface area contributed by atoms with E-state index in [2.05, 4.69) is 6.92 Å². The molecule has 0 bridgehead atoms. The molecular weight excluding hydrogens is 188 g/mol. The zero-order chi connectivity index (χ0) is 10.9. The molecule has 88 valence electrons. The van der Waals surface area contributed by atoms with Gasteiger partial charge in [0, 0.05) is 0 Å². The fraction of sp³-hybridized carbons (Fsp3) is 1.00. The van der Waals surface area contributed by atoms with Gasteiger partial charge in [0.05, 0.1) is 11.7 Å². The van der Waals surface area contributed by atoms with Gasteiger partial charge in [-0.3, -0.25) is 0 Å². The summed E-state index contributed by atoms with van der Waals surface area (Å²) < 4.78 is 0. The van der Waals surface area contributed by atoms with Gasteiger partial charge in [-0.25, -0.2) is 0 Å². The topological polar surface area (TPSA) is 40.5 Å². The summed E-state index contributed by atoms with van der Waals surface area (Å²) in [5.74, 6) is 1.09. The molecule has 0 radical (unpaired) electrons. The van der Waals surface area contributed by atoms with Crippen LogP contribution in [0, 0.1) is 11.8 Å². The van der Waals surface area contributed by atoms with Gasteiger partial charge in [-0.15, -0.1) is 0 Å². The maximum atomic E-state index is 10.5. The van der Waals surface area contributed by atoms with Gasteiger partial charge in [0.2, 0.25) is 0 Å². The minimum absolute atomic E-state index is 0.364. The van der Waals surface area contributed by atoms with Gasteiger partial charge in [0.25, 0.3) is 0 Å². The van der Waals surface area contributed by atoms with Crippen molar-refractivity contribution in [1.82, 2.24) is 0 Å². The second-order valence-corrected chi connectivity index (χ2v) is 5.78. The molecule has 2 rings (SSSR count). The molecule has 2 N–H and O–H groups in total. The van der Waals surface area contributed by atoms with Crippen LogP contribution in [0.4, 0.5) is 0 Å². The van der Waals surface area contributed by atoms with Crippen LogP contribution in [0.5, 0.6) is 0 Å². The summed E-state index contributed by atoms with van der Waals surface area (Å²) >= 11 is 0. The van der Waals surface area contributed by atoms with Gasteiger partial charge in [-0.2, -0.15) is 0 Å². The molecule has 0 aromatic heterocycles. The average Bonchev–Trinajstić information content (AvgIpc) is 2.75. The maximum absolute atomic E-state index is 10.5. The normalized spacial score (nSPS) is 40.6. The van der Waals surface area contributed by atoms with Crippen LogP contribution in [0.15, 0.2) is 0 Å². The van der Waals surface area contributed by atoms with E-state index in [0.29, 0.717) is 5.92 Å². The third-order valence-corrected chi connectivity index (χ3v) is 4.54. The molecule has 1 atom stereocenters. The molecule has 2 fully saturated rings. The lowest BCUT2D eigenvalue weighted by molar-refractivity contribution is -0.124. The third kappa shape index (κ3) is 2.36. The number of hydrogen-bond donors (Lipinski definition) is 2. The molecule has 2 aliphatic carbocycles. The molecule has 2 saturated carbocycles. The molecule has 2 aliphatic rings. The highest BCUT2D eigenvalue weighted by atomic mass is 16.3. The standard InChI is InChI=1S/C13H24O2/c1-10-6-8-13(15,9-7-10)12(14)11-4-2-3-5-11/h10-12,14-15H,2-9H2,1H3. The lowest BCUT2D eigenvalue weighted by atomic mass is 9.73. The molecule has 15 heavy (non-hydrogen) atoms. The quantitative estimate of drug-likeness (QED) is 0.738. The Labute approximate surface area is 92.7 Å². The summed E-state index contributed by atoms with van der Waals surface area (Å²) in [4.78, 5) is 0. The zero-order valence-corrected chi connectivity index (χ0v) is 9.78. The molecule has 0 spiro atoms. The van der Waals surface area contributed by atoms with E-state index in [0.717, 1.165) is 44.4 Å². The summed E-state index contributed by atoms with van der Waals surface area (Å²) in [5.41, 5.74) is -0.762. The third-order valence-electron chi connectivity index (χ3n) is 4.54. The lowest BCUT2D eigenvalue weighted by Gasteiger charge is -2.40. The fourth-order valence-electron chi connectivity index (χ4n) is 3.27. The largest absolute Gasteiger partial charge is 0.390 e. The number of hydrogen-bond acceptors (Lipinski definition) is 2. The Morgan fingerprint density at radius 2 is 1.60 bits per heavy atom. The van der Waals surface area contributed by atoms with Crippen molar-refractivity contribution in [1.29, 1.82) is 0 Å². The van der Waals surface area contributed by atoms with Crippen LogP contribution in [0.25, 0.3) is 0 Å². The highest BCUT2D eigenvalue weighted by molar-refractivity contribution is 4.94. The smallest absolute Gasteiger partial charge is 0.0908 e. The van der Waals surface area contributed by atoms with Gasteiger partial charge in [-0.05, 0) is 50.4 Å². The van der Waals surface area contributed by atoms with Crippen molar-refractivity contribution in [2.45, 2.75) is 70.0 Å². The summed E-state index contributed by atoms with van der Waals surface area (Å²) in [7, 11) is 0. The molecule has 2 nitrogen and oxygen atoms in total. The Morgan fingerprint density at radius 3 is 2.13 bits per heavy atom. The van der Waals surface area contributed by atoms with E-state index >= 15 is 0 Å². The van der Waals surface area contributed by atoms with Crippen LogP contribution in [-0.2, 0) is 0 Å². The number of aliphatic hydroxyl groups is 2. The van der Waals surface area contributed by atoms with Crippen LogP contribution < -0.4 is 0 Å². The first-order valence-corrected chi connectivity index (χ1v) is 6.52. The van der Waals surface area contributed by atoms with Crippen LogP contribution in [0.1, 0.15) is 58.3 Å². The first-order valence-electron chi connectivity index (χ1n) is 6.52. The van der Waals surface area contributed by atoms with Crippen LogP contribution in [-0.4, -0.2) is 21.9 Å². The highest BCUT2D eigenvalue weighted by Crippen LogP contribution is 2.40. The van der Waals surface area contributed by atoms with Gasteiger partial charge < -0.3 is 10.2 Å². The monoisotopic (exact) mass is 212 g/mol. The second kappa shape index (κ2) is 4.42. The van der Waals surface area contributed by atoms with Crippen molar-refractivity contribution in [2.24, 2.45) is 11.8 Å². The summed E-state index contributed by atoms with van der Waals surface area (Å²) in [6.07, 6.45) is 7.95. The molecule has 0 aromatic rings. The number of rotatable bonds is 2. The molecule has 0 aromatic carbocycles. The molecule has 2 heteroatoms. The van der Waals surface area contributed by atoms with E-state index in [1.54, 1.807) is 0 Å². The molecule has 0 amide bonds. The highest BCUT2D eigenvalue weighted by Gasteiger charge is 2.42. The molecule has 0 heterocycles. The lowest BCUT2D eigenvalue weighted by Crippen LogP contribution is -2.48. The van der Waals surface area contributed by atoms with E-state index in [4.69, 9.17) is 0 Å². The van der Waals surface area contributed by atoms with E-state index in [1.807, 2.05) is 0 Å². The van der Waals surface area contributed by atoms with Crippen molar-refractivity contribution in [3.63, 3.8) is 0 Å². The zero-order valence-electron chi connectivity index (χ0n) is 9.78. The summed E-state index contributed by atoms with van der Waals surface area (Å²) in [6, 6.07) is 0.